The summed E-state index contributed by atoms with van der Waals surface area (Å²) in [6.07, 6.45) is 1.45. The van der Waals surface area contributed by atoms with Crippen molar-refractivity contribution in [3.8, 4) is 5.75 Å². The van der Waals surface area contributed by atoms with Gasteiger partial charge in [0.25, 0.3) is 0 Å². The maximum absolute atomic E-state index is 12.0. The minimum absolute atomic E-state index is 0.0154. The first kappa shape index (κ1) is 14.2. The lowest BCUT2D eigenvalue weighted by molar-refractivity contribution is -0.137. The normalized spacial score (nSPS) is 10.1. The van der Waals surface area contributed by atoms with Crippen LogP contribution in [0.15, 0.2) is 18.2 Å². The van der Waals surface area contributed by atoms with E-state index >= 15 is 0 Å². The lowest BCUT2D eigenvalue weighted by Crippen LogP contribution is -2.04. The number of carboxylic acids is 1. The molecule has 0 aliphatic heterocycles. The number of carboxylic acid groups (broad SMARTS) is 1. The molecular weight excluding hydrogens is 232 g/mol. The largest absolute Gasteiger partial charge is 0.496 e. The van der Waals surface area contributed by atoms with Crippen molar-refractivity contribution in [3.63, 3.8) is 0 Å². The third-order valence-electron chi connectivity index (χ3n) is 2.77. The molecule has 0 aliphatic rings. The van der Waals surface area contributed by atoms with Crippen LogP contribution in [-0.2, 0) is 11.2 Å². The van der Waals surface area contributed by atoms with Gasteiger partial charge in [-0.15, -0.1) is 0 Å². The number of hydrogen-bond acceptors (Lipinski definition) is 3. The van der Waals surface area contributed by atoms with Crippen molar-refractivity contribution in [3.05, 3.63) is 29.3 Å². The fourth-order valence-electron chi connectivity index (χ4n) is 1.73. The van der Waals surface area contributed by atoms with Crippen molar-refractivity contribution in [2.45, 2.75) is 32.6 Å². The highest BCUT2D eigenvalue weighted by Gasteiger charge is 2.13. The number of ether oxygens (including phenoxy) is 1. The van der Waals surface area contributed by atoms with Crippen LogP contribution < -0.4 is 4.74 Å². The summed E-state index contributed by atoms with van der Waals surface area (Å²) < 4.78 is 5.16. The summed E-state index contributed by atoms with van der Waals surface area (Å²) in [5.74, 6) is -0.395. The third-order valence-corrected chi connectivity index (χ3v) is 2.77. The monoisotopic (exact) mass is 250 g/mol. The molecule has 0 radical (unpaired) electrons. The molecule has 1 aromatic rings. The molecule has 0 amide bonds. The van der Waals surface area contributed by atoms with Gasteiger partial charge >= 0.3 is 5.97 Å². The zero-order valence-corrected chi connectivity index (χ0v) is 10.7. The van der Waals surface area contributed by atoms with Crippen LogP contribution in [-0.4, -0.2) is 24.0 Å². The number of carbonyl (C=O) groups is 2. The van der Waals surface area contributed by atoms with Crippen LogP contribution in [0.2, 0.25) is 0 Å². The fraction of sp³-hybridized carbons (Fsp3) is 0.429. The lowest BCUT2D eigenvalue weighted by atomic mass is 10.0. The van der Waals surface area contributed by atoms with E-state index in [1.54, 1.807) is 6.07 Å². The van der Waals surface area contributed by atoms with Gasteiger partial charge in [0.05, 0.1) is 12.7 Å². The van der Waals surface area contributed by atoms with Crippen LogP contribution in [0.4, 0.5) is 0 Å². The molecule has 18 heavy (non-hydrogen) atoms. The van der Waals surface area contributed by atoms with Crippen molar-refractivity contribution in [2.75, 3.05) is 7.11 Å². The molecule has 0 spiro atoms. The number of aryl methyl sites for hydroxylation is 1. The second-order valence-corrected chi connectivity index (χ2v) is 4.06. The first-order chi connectivity index (χ1) is 8.58. The Kier molecular flexibility index (Phi) is 5.36. The Morgan fingerprint density at radius 3 is 2.56 bits per heavy atom. The van der Waals surface area contributed by atoms with Gasteiger partial charge in [0.1, 0.15) is 5.75 Å². The average molecular weight is 250 g/mol. The molecule has 0 saturated carbocycles. The van der Waals surface area contributed by atoms with Gasteiger partial charge < -0.3 is 9.84 Å². The SMILES string of the molecule is CCc1ccc(OC)c(C(=O)CCCC(=O)O)c1. The Morgan fingerprint density at radius 1 is 1.28 bits per heavy atom. The predicted octanol–water partition coefficient (Wildman–Crippen LogP) is 2.70. The number of Topliss-reactive ketones (excluding diaryl/α,β-unsaturated/α-hetero) is 1. The van der Waals surface area contributed by atoms with E-state index in [4.69, 9.17) is 9.84 Å². The summed E-state index contributed by atoms with van der Waals surface area (Å²) in [5, 5.41) is 8.54. The molecule has 0 bridgehead atoms. The zero-order valence-electron chi connectivity index (χ0n) is 10.7. The fourth-order valence-corrected chi connectivity index (χ4v) is 1.73. The Labute approximate surface area is 107 Å². The maximum atomic E-state index is 12.0. The van der Waals surface area contributed by atoms with Gasteiger partial charge in [0, 0.05) is 12.8 Å². The Hall–Kier alpha value is -1.84. The van der Waals surface area contributed by atoms with E-state index in [-0.39, 0.29) is 18.6 Å². The summed E-state index contributed by atoms with van der Waals surface area (Å²) in [6.45, 7) is 2.01. The molecule has 0 heterocycles. The Morgan fingerprint density at radius 2 is 2.00 bits per heavy atom. The Balaban J connectivity index is 2.79. The van der Waals surface area contributed by atoms with Crippen LogP contribution in [0.1, 0.15) is 42.1 Å². The number of methoxy groups -OCH3 is 1. The maximum Gasteiger partial charge on any atom is 0.303 e. The quantitative estimate of drug-likeness (QED) is 0.756. The van der Waals surface area contributed by atoms with Crippen molar-refractivity contribution in [1.82, 2.24) is 0 Å². The molecule has 0 aliphatic carbocycles. The molecule has 0 unspecified atom stereocenters. The van der Waals surface area contributed by atoms with E-state index in [9.17, 15) is 9.59 Å². The molecule has 1 rings (SSSR count). The minimum atomic E-state index is -0.878. The minimum Gasteiger partial charge on any atom is -0.496 e. The topological polar surface area (TPSA) is 63.6 Å². The van der Waals surface area contributed by atoms with Crippen LogP contribution in [0.25, 0.3) is 0 Å². The average Bonchev–Trinajstić information content (AvgIpc) is 2.37. The van der Waals surface area contributed by atoms with Crippen LogP contribution >= 0.6 is 0 Å². The zero-order chi connectivity index (χ0) is 13.5. The van der Waals surface area contributed by atoms with E-state index in [0.717, 1.165) is 12.0 Å². The standard InChI is InChI=1S/C14H18O4/c1-3-10-7-8-13(18-2)11(9-10)12(15)5-4-6-14(16)17/h7-9H,3-6H2,1-2H3,(H,16,17). The van der Waals surface area contributed by atoms with Crippen molar-refractivity contribution < 1.29 is 19.4 Å². The molecule has 0 fully saturated rings. The lowest BCUT2D eigenvalue weighted by Gasteiger charge is -2.09. The molecule has 1 aromatic carbocycles. The van der Waals surface area contributed by atoms with Gasteiger partial charge in [-0.1, -0.05) is 13.0 Å². The number of rotatable bonds is 7. The van der Waals surface area contributed by atoms with Crippen LogP contribution in [0, 0.1) is 0 Å². The number of hydrogen-bond donors (Lipinski definition) is 1. The van der Waals surface area contributed by atoms with Crippen molar-refractivity contribution in [1.29, 1.82) is 0 Å². The highest BCUT2D eigenvalue weighted by atomic mass is 16.5. The molecule has 98 valence electrons. The van der Waals surface area contributed by atoms with Crippen LogP contribution in [0.3, 0.4) is 0 Å². The number of benzene rings is 1. The second kappa shape index (κ2) is 6.79. The van der Waals surface area contributed by atoms with E-state index in [1.165, 1.54) is 7.11 Å². The summed E-state index contributed by atoms with van der Waals surface area (Å²) in [5.41, 5.74) is 1.61. The van der Waals surface area contributed by atoms with Gasteiger partial charge in [0.15, 0.2) is 5.78 Å². The van der Waals surface area contributed by atoms with Gasteiger partial charge in [0.2, 0.25) is 0 Å². The smallest absolute Gasteiger partial charge is 0.303 e. The highest BCUT2D eigenvalue weighted by Crippen LogP contribution is 2.22. The van der Waals surface area contributed by atoms with Gasteiger partial charge in [-0.25, -0.2) is 0 Å². The van der Waals surface area contributed by atoms with Gasteiger partial charge in [-0.2, -0.15) is 0 Å². The number of aliphatic carboxylic acids is 1. The van der Waals surface area contributed by atoms with Gasteiger partial charge in [-0.3, -0.25) is 9.59 Å². The molecular formula is C14H18O4. The van der Waals surface area contributed by atoms with E-state index < -0.39 is 5.97 Å². The number of ketones is 1. The first-order valence-electron chi connectivity index (χ1n) is 6.00. The first-order valence-corrected chi connectivity index (χ1v) is 6.00. The van der Waals surface area contributed by atoms with E-state index in [1.807, 2.05) is 19.1 Å². The Bertz CT molecular complexity index is 437. The molecule has 4 nitrogen and oxygen atoms in total. The van der Waals surface area contributed by atoms with Gasteiger partial charge in [-0.05, 0) is 30.5 Å². The van der Waals surface area contributed by atoms with Crippen molar-refractivity contribution in [2.24, 2.45) is 0 Å². The second-order valence-electron chi connectivity index (χ2n) is 4.06. The van der Waals surface area contributed by atoms with Crippen LogP contribution in [0.5, 0.6) is 5.75 Å². The summed E-state index contributed by atoms with van der Waals surface area (Å²) in [6, 6.07) is 5.53. The molecule has 0 saturated heterocycles. The molecule has 0 aromatic heterocycles. The third kappa shape index (κ3) is 3.87. The summed E-state index contributed by atoms with van der Waals surface area (Å²) in [4.78, 5) is 22.4. The van der Waals surface area contributed by atoms with E-state index in [2.05, 4.69) is 0 Å². The molecule has 1 N–H and O–H groups in total. The predicted molar refractivity (Wildman–Crippen MR) is 68.2 cm³/mol. The summed E-state index contributed by atoms with van der Waals surface area (Å²) >= 11 is 0. The van der Waals surface area contributed by atoms with E-state index in [0.29, 0.717) is 17.7 Å². The summed E-state index contributed by atoms with van der Waals surface area (Å²) in [7, 11) is 1.52. The highest BCUT2D eigenvalue weighted by molar-refractivity contribution is 5.99. The van der Waals surface area contributed by atoms with Crippen molar-refractivity contribution >= 4 is 11.8 Å². The number of carbonyl (C=O) groups excluding carboxylic acids is 1. The molecule has 4 heteroatoms. The molecule has 0 atom stereocenters.